The Bertz CT molecular complexity index is 1430. The number of fused-ring (bicyclic) bond motifs is 1. The summed E-state index contributed by atoms with van der Waals surface area (Å²) in [4.78, 5) is 37.9. The Hall–Kier alpha value is -3.69. The number of thiazole rings is 1. The first-order valence-corrected chi connectivity index (χ1v) is 12.6. The fourth-order valence-electron chi connectivity index (χ4n) is 4.64. The van der Waals surface area contributed by atoms with E-state index in [9.17, 15) is 14.0 Å². The van der Waals surface area contributed by atoms with Gasteiger partial charge in [-0.1, -0.05) is 30.3 Å². The molecule has 2 atom stereocenters. The van der Waals surface area contributed by atoms with E-state index in [2.05, 4.69) is 15.3 Å². The first-order valence-electron chi connectivity index (χ1n) is 11.8. The topological polar surface area (TPSA) is 101 Å². The standard InChI is InChI=1S/C27H26FN5O2S/c1-16-32-24(18-6-2-8-19(28)13-18)25(36-16)27(35)33-15-20(29)10-11-21(33)14-31-26(34)22-9-3-5-17-7-4-12-30-23(17)22/h2-9,12-13,20-21H,10-11,14-15,29H2,1H3,(H,31,34). The Labute approximate surface area is 212 Å². The smallest absolute Gasteiger partial charge is 0.266 e. The van der Waals surface area contributed by atoms with Crippen molar-refractivity contribution in [2.24, 2.45) is 5.73 Å². The molecule has 2 aromatic carbocycles. The van der Waals surface area contributed by atoms with Gasteiger partial charge in [-0.3, -0.25) is 14.6 Å². The number of pyridine rings is 1. The summed E-state index contributed by atoms with van der Waals surface area (Å²) >= 11 is 1.28. The number of rotatable bonds is 5. The largest absolute Gasteiger partial charge is 0.350 e. The maximum Gasteiger partial charge on any atom is 0.266 e. The van der Waals surface area contributed by atoms with Gasteiger partial charge in [-0.05, 0) is 44.0 Å². The molecule has 1 saturated heterocycles. The van der Waals surface area contributed by atoms with E-state index in [1.54, 1.807) is 29.3 Å². The summed E-state index contributed by atoms with van der Waals surface area (Å²) in [6, 6.07) is 14.9. The highest BCUT2D eigenvalue weighted by atomic mass is 32.1. The second kappa shape index (κ2) is 10.1. The monoisotopic (exact) mass is 503 g/mol. The molecule has 7 nitrogen and oxygen atoms in total. The van der Waals surface area contributed by atoms with Gasteiger partial charge in [0.2, 0.25) is 0 Å². The van der Waals surface area contributed by atoms with Crippen molar-refractivity contribution >= 4 is 34.1 Å². The number of likely N-dealkylation sites (tertiary alicyclic amines) is 1. The van der Waals surface area contributed by atoms with Crippen molar-refractivity contribution in [2.75, 3.05) is 13.1 Å². The minimum absolute atomic E-state index is 0.158. The molecule has 36 heavy (non-hydrogen) atoms. The Morgan fingerprint density at radius 3 is 2.81 bits per heavy atom. The number of piperidine rings is 1. The van der Waals surface area contributed by atoms with Crippen LogP contribution in [0.2, 0.25) is 0 Å². The number of benzene rings is 2. The lowest BCUT2D eigenvalue weighted by Crippen LogP contribution is -2.54. The summed E-state index contributed by atoms with van der Waals surface area (Å²) in [5, 5.41) is 4.60. The van der Waals surface area contributed by atoms with E-state index in [0.717, 1.165) is 11.8 Å². The van der Waals surface area contributed by atoms with Crippen LogP contribution in [0.3, 0.4) is 0 Å². The minimum Gasteiger partial charge on any atom is -0.350 e. The summed E-state index contributed by atoms with van der Waals surface area (Å²) in [6.45, 7) is 2.48. The second-order valence-electron chi connectivity index (χ2n) is 8.96. The zero-order valence-electron chi connectivity index (χ0n) is 19.8. The molecule has 2 aromatic heterocycles. The number of para-hydroxylation sites is 1. The second-order valence-corrected chi connectivity index (χ2v) is 10.2. The average Bonchev–Trinajstić information content (AvgIpc) is 3.28. The number of aromatic nitrogens is 2. The van der Waals surface area contributed by atoms with Gasteiger partial charge < -0.3 is 16.0 Å². The highest BCUT2D eigenvalue weighted by Crippen LogP contribution is 2.31. The van der Waals surface area contributed by atoms with Crippen LogP contribution in [-0.4, -0.2) is 51.9 Å². The van der Waals surface area contributed by atoms with Crippen LogP contribution in [0.1, 0.15) is 37.9 Å². The molecule has 9 heteroatoms. The number of nitrogens with two attached hydrogens (primary N) is 1. The number of amides is 2. The molecule has 4 aromatic rings. The van der Waals surface area contributed by atoms with E-state index < -0.39 is 0 Å². The van der Waals surface area contributed by atoms with E-state index in [1.165, 1.54) is 23.5 Å². The molecule has 0 bridgehead atoms. The number of hydrogen-bond donors (Lipinski definition) is 2. The minimum atomic E-state index is -0.389. The van der Waals surface area contributed by atoms with Crippen molar-refractivity contribution in [1.29, 1.82) is 0 Å². The van der Waals surface area contributed by atoms with Gasteiger partial charge in [0.25, 0.3) is 11.8 Å². The Kier molecular flexibility index (Phi) is 6.75. The van der Waals surface area contributed by atoms with E-state index in [4.69, 9.17) is 5.73 Å². The molecule has 2 unspecified atom stereocenters. The number of nitrogens with one attached hydrogen (secondary N) is 1. The normalized spacial score (nSPS) is 17.8. The molecule has 184 valence electrons. The Balaban J connectivity index is 1.38. The average molecular weight is 504 g/mol. The lowest BCUT2D eigenvalue weighted by molar-refractivity contribution is 0.0584. The van der Waals surface area contributed by atoms with Crippen LogP contribution in [0.5, 0.6) is 0 Å². The van der Waals surface area contributed by atoms with Gasteiger partial charge in [-0.25, -0.2) is 9.37 Å². The molecular weight excluding hydrogens is 477 g/mol. The van der Waals surface area contributed by atoms with Crippen LogP contribution in [0.25, 0.3) is 22.2 Å². The van der Waals surface area contributed by atoms with Crippen LogP contribution >= 0.6 is 11.3 Å². The molecule has 1 aliphatic heterocycles. The molecule has 0 aliphatic carbocycles. The number of carbonyl (C=O) groups excluding carboxylic acids is 2. The zero-order chi connectivity index (χ0) is 25.2. The quantitative estimate of drug-likeness (QED) is 0.426. The number of nitrogens with zero attached hydrogens (tertiary/aromatic N) is 3. The molecule has 2 amide bonds. The summed E-state index contributed by atoms with van der Waals surface area (Å²) < 4.78 is 13.9. The third-order valence-corrected chi connectivity index (χ3v) is 7.36. The Morgan fingerprint density at radius 2 is 1.97 bits per heavy atom. The zero-order valence-corrected chi connectivity index (χ0v) is 20.6. The van der Waals surface area contributed by atoms with Crippen molar-refractivity contribution in [3.05, 3.63) is 82.1 Å². The van der Waals surface area contributed by atoms with Gasteiger partial charge in [0.05, 0.1) is 21.8 Å². The summed E-state index contributed by atoms with van der Waals surface area (Å²) in [7, 11) is 0. The number of halogens is 1. The van der Waals surface area contributed by atoms with Gasteiger partial charge in [0, 0.05) is 42.3 Å². The summed E-state index contributed by atoms with van der Waals surface area (Å²) in [5.74, 6) is -0.836. The highest BCUT2D eigenvalue weighted by Gasteiger charge is 2.33. The number of aryl methyl sites for hydroxylation is 1. The molecule has 0 spiro atoms. The molecule has 3 heterocycles. The van der Waals surface area contributed by atoms with Crippen LogP contribution in [0.4, 0.5) is 4.39 Å². The maximum atomic E-state index is 13.9. The SMILES string of the molecule is Cc1nc(-c2cccc(F)c2)c(C(=O)N2CC(N)CCC2CNC(=O)c2cccc3cccnc23)s1. The summed E-state index contributed by atoms with van der Waals surface area (Å²) in [6.07, 6.45) is 3.07. The van der Waals surface area contributed by atoms with E-state index >= 15 is 0 Å². The van der Waals surface area contributed by atoms with Gasteiger partial charge in [0.1, 0.15) is 10.7 Å². The van der Waals surface area contributed by atoms with Crippen LogP contribution in [0.15, 0.2) is 60.8 Å². The van der Waals surface area contributed by atoms with E-state index in [1.807, 2.05) is 31.2 Å². The van der Waals surface area contributed by atoms with Crippen molar-refractivity contribution in [2.45, 2.75) is 31.8 Å². The predicted octanol–water partition coefficient (Wildman–Crippen LogP) is 4.17. The molecule has 5 rings (SSSR count). The van der Waals surface area contributed by atoms with Crippen LogP contribution in [-0.2, 0) is 0 Å². The Morgan fingerprint density at radius 1 is 1.17 bits per heavy atom. The van der Waals surface area contributed by atoms with Crippen LogP contribution in [0, 0.1) is 12.7 Å². The van der Waals surface area contributed by atoms with Gasteiger partial charge in [-0.2, -0.15) is 0 Å². The lowest BCUT2D eigenvalue weighted by Gasteiger charge is -2.38. The molecule has 1 fully saturated rings. The third kappa shape index (κ3) is 4.84. The van der Waals surface area contributed by atoms with Gasteiger partial charge in [0.15, 0.2) is 0 Å². The van der Waals surface area contributed by atoms with Crippen molar-refractivity contribution < 1.29 is 14.0 Å². The van der Waals surface area contributed by atoms with E-state index in [0.29, 0.717) is 45.2 Å². The van der Waals surface area contributed by atoms with Gasteiger partial charge in [-0.15, -0.1) is 11.3 Å². The first-order chi connectivity index (χ1) is 17.4. The maximum absolute atomic E-state index is 13.9. The number of carbonyl (C=O) groups is 2. The predicted molar refractivity (Wildman–Crippen MR) is 138 cm³/mol. The molecule has 3 N–H and O–H groups in total. The fourth-order valence-corrected chi connectivity index (χ4v) is 5.54. The van der Waals surface area contributed by atoms with Crippen LogP contribution < -0.4 is 11.1 Å². The molecule has 0 saturated carbocycles. The number of hydrogen-bond acceptors (Lipinski definition) is 6. The third-order valence-electron chi connectivity index (χ3n) is 6.41. The van der Waals surface area contributed by atoms with E-state index in [-0.39, 0.29) is 36.3 Å². The van der Waals surface area contributed by atoms with Crippen molar-refractivity contribution in [1.82, 2.24) is 20.2 Å². The first kappa shape index (κ1) is 24.0. The highest BCUT2D eigenvalue weighted by molar-refractivity contribution is 7.14. The van der Waals surface area contributed by atoms with Crippen molar-refractivity contribution in [3.8, 4) is 11.3 Å². The molecular formula is C27H26FN5O2S. The summed E-state index contributed by atoms with van der Waals surface area (Å²) in [5.41, 5.74) is 8.38. The van der Waals surface area contributed by atoms with Crippen molar-refractivity contribution in [3.63, 3.8) is 0 Å². The molecule has 1 aliphatic rings. The van der Waals surface area contributed by atoms with Gasteiger partial charge >= 0.3 is 0 Å². The lowest BCUT2D eigenvalue weighted by atomic mass is 9.97. The fraction of sp³-hybridized carbons (Fsp3) is 0.259. The molecule has 0 radical (unpaired) electrons.